The van der Waals surface area contributed by atoms with E-state index in [1.54, 1.807) is 13.0 Å². The summed E-state index contributed by atoms with van der Waals surface area (Å²) in [5.41, 5.74) is 1.43. The van der Waals surface area contributed by atoms with Gasteiger partial charge in [-0.2, -0.15) is 9.97 Å². The van der Waals surface area contributed by atoms with E-state index in [0.717, 1.165) is 0 Å². The molecule has 0 spiro atoms. The first-order valence-corrected chi connectivity index (χ1v) is 5.82. The molecule has 1 N–H and O–H groups in total. The number of rotatable bonds is 2. The Morgan fingerprint density at radius 2 is 2.16 bits per heavy atom. The average molecular weight is 279 g/mol. The van der Waals surface area contributed by atoms with Crippen molar-refractivity contribution in [1.29, 1.82) is 0 Å². The number of nitrogens with zero attached hydrogens (tertiary/aromatic N) is 3. The van der Waals surface area contributed by atoms with E-state index in [0.29, 0.717) is 22.5 Å². The van der Waals surface area contributed by atoms with Crippen molar-refractivity contribution in [3.05, 3.63) is 41.2 Å². The molecule has 0 bridgehead atoms. The van der Waals surface area contributed by atoms with Crippen LogP contribution in [0.5, 0.6) is 11.6 Å². The first kappa shape index (κ1) is 11.9. The van der Waals surface area contributed by atoms with Gasteiger partial charge in [-0.25, -0.2) is 9.37 Å². The number of aryl methyl sites for hydroxylation is 1. The molecule has 3 rings (SSSR count). The van der Waals surface area contributed by atoms with Gasteiger partial charge in [-0.3, -0.25) is 0 Å². The van der Waals surface area contributed by atoms with Gasteiger partial charge >= 0.3 is 0 Å². The fourth-order valence-electron chi connectivity index (χ4n) is 1.65. The summed E-state index contributed by atoms with van der Waals surface area (Å²) in [5, 5.41) is 0.0356. The van der Waals surface area contributed by atoms with Crippen molar-refractivity contribution >= 4 is 22.8 Å². The minimum Gasteiger partial charge on any atom is -0.437 e. The minimum atomic E-state index is -0.292. The molecule has 0 unspecified atom stereocenters. The lowest BCUT2D eigenvalue weighted by molar-refractivity contribution is 0.464. The zero-order chi connectivity index (χ0) is 13.4. The molecule has 0 aliphatic carbocycles. The summed E-state index contributed by atoms with van der Waals surface area (Å²) < 4.78 is 18.8. The Hall–Kier alpha value is -2.21. The van der Waals surface area contributed by atoms with E-state index in [1.807, 2.05) is 0 Å². The van der Waals surface area contributed by atoms with Gasteiger partial charge in [0.2, 0.25) is 11.2 Å². The molecule has 0 saturated carbocycles. The standard InChI is InChI=1S/C12H8ClFN4O/c1-6-4-7(2-3-8(6)14)19-11-9-10(16-5-15-9)17-12(13)18-11/h2-5H,1H3,(H,15,16,17,18). The van der Waals surface area contributed by atoms with Crippen LogP contribution in [0.25, 0.3) is 11.2 Å². The van der Waals surface area contributed by atoms with Gasteiger partial charge in [0, 0.05) is 0 Å². The number of halogens is 2. The molecule has 0 saturated heterocycles. The fourth-order valence-corrected chi connectivity index (χ4v) is 1.80. The molecule has 0 radical (unpaired) electrons. The Bertz CT molecular complexity index is 759. The van der Waals surface area contributed by atoms with Gasteiger partial charge in [0.25, 0.3) is 0 Å². The molecule has 19 heavy (non-hydrogen) atoms. The fraction of sp³-hybridized carbons (Fsp3) is 0.0833. The number of imidazole rings is 1. The van der Waals surface area contributed by atoms with Gasteiger partial charge in [0.05, 0.1) is 6.33 Å². The van der Waals surface area contributed by atoms with Crippen LogP contribution in [0.3, 0.4) is 0 Å². The number of H-pyrrole nitrogens is 1. The van der Waals surface area contributed by atoms with Gasteiger partial charge in [0.1, 0.15) is 17.1 Å². The van der Waals surface area contributed by atoms with Crippen molar-refractivity contribution < 1.29 is 9.13 Å². The van der Waals surface area contributed by atoms with Gasteiger partial charge in [-0.1, -0.05) is 0 Å². The highest BCUT2D eigenvalue weighted by molar-refractivity contribution is 6.28. The summed E-state index contributed by atoms with van der Waals surface area (Å²) in [5.74, 6) is 0.419. The summed E-state index contributed by atoms with van der Waals surface area (Å²) in [6.07, 6.45) is 1.47. The van der Waals surface area contributed by atoms with Crippen molar-refractivity contribution in [3.63, 3.8) is 0 Å². The molecule has 0 fully saturated rings. The van der Waals surface area contributed by atoms with Crippen molar-refractivity contribution in [3.8, 4) is 11.6 Å². The monoisotopic (exact) mass is 278 g/mol. The van der Waals surface area contributed by atoms with Gasteiger partial charge in [0.15, 0.2) is 5.65 Å². The smallest absolute Gasteiger partial charge is 0.250 e. The third kappa shape index (κ3) is 2.22. The molecule has 7 heteroatoms. The number of hydrogen-bond donors (Lipinski definition) is 1. The second kappa shape index (κ2) is 4.47. The predicted octanol–water partition coefficient (Wildman–Crippen LogP) is 3.25. The molecule has 2 aromatic heterocycles. The summed E-state index contributed by atoms with van der Waals surface area (Å²) >= 11 is 5.79. The van der Waals surface area contributed by atoms with E-state index in [1.165, 1.54) is 18.5 Å². The number of benzene rings is 1. The predicted molar refractivity (Wildman–Crippen MR) is 67.9 cm³/mol. The van der Waals surface area contributed by atoms with E-state index < -0.39 is 0 Å². The number of aromatic amines is 1. The van der Waals surface area contributed by atoms with E-state index >= 15 is 0 Å². The van der Waals surface area contributed by atoms with Gasteiger partial charge < -0.3 is 9.72 Å². The molecule has 3 aromatic rings. The number of fused-ring (bicyclic) bond motifs is 1. The highest BCUT2D eigenvalue weighted by Crippen LogP contribution is 2.27. The van der Waals surface area contributed by atoms with Crippen molar-refractivity contribution in [2.45, 2.75) is 6.92 Å². The SMILES string of the molecule is Cc1cc(Oc2nc(Cl)nc3nc[nH]c23)ccc1F. The van der Waals surface area contributed by atoms with Crippen LogP contribution in [0.2, 0.25) is 5.28 Å². The zero-order valence-electron chi connectivity index (χ0n) is 9.82. The second-order valence-corrected chi connectivity index (χ2v) is 4.25. The molecule has 0 amide bonds. The molecule has 5 nitrogen and oxygen atoms in total. The molecule has 0 aliphatic rings. The van der Waals surface area contributed by atoms with Crippen molar-refractivity contribution in [2.24, 2.45) is 0 Å². The van der Waals surface area contributed by atoms with Gasteiger partial charge in [-0.05, 0) is 42.3 Å². The average Bonchev–Trinajstić information content (AvgIpc) is 2.82. The maximum atomic E-state index is 13.2. The second-order valence-electron chi connectivity index (χ2n) is 3.91. The highest BCUT2D eigenvalue weighted by atomic mass is 35.5. The molecular weight excluding hydrogens is 271 g/mol. The molecule has 2 heterocycles. The lowest BCUT2D eigenvalue weighted by Gasteiger charge is -2.06. The lowest BCUT2D eigenvalue weighted by atomic mass is 10.2. The maximum absolute atomic E-state index is 13.2. The summed E-state index contributed by atoms with van der Waals surface area (Å²) in [4.78, 5) is 14.8. The molecule has 96 valence electrons. The zero-order valence-corrected chi connectivity index (χ0v) is 10.6. The topological polar surface area (TPSA) is 63.7 Å². The third-order valence-electron chi connectivity index (χ3n) is 2.57. The minimum absolute atomic E-state index is 0.0356. The maximum Gasteiger partial charge on any atom is 0.250 e. The van der Waals surface area contributed by atoms with Crippen molar-refractivity contribution in [1.82, 2.24) is 19.9 Å². The number of hydrogen-bond acceptors (Lipinski definition) is 4. The molecule has 0 atom stereocenters. The lowest BCUT2D eigenvalue weighted by Crippen LogP contribution is -1.93. The molecule has 1 aromatic carbocycles. The summed E-state index contributed by atoms with van der Waals surface area (Å²) in [6.45, 7) is 1.65. The van der Waals surface area contributed by atoms with Crippen LogP contribution in [0, 0.1) is 12.7 Å². The van der Waals surface area contributed by atoms with Crippen LogP contribution in [0.4, 0.5) is 4.39 Å². The van der Waals surface area contributed by atoms with Crippen molar-refractivity contribution in [2.75, 3.05) is 0 Å². The quantitative estimate of drug-likeness (QED) is 0.731. The first-order valence-electron chi connectivity index (χ1n) is 5.44. The van der Waals surface area contributed by atoms with Crippen LogP contribution in [0.15, 0.2) is 24.5 Å². The largest absolute Gasteiger partial charge is 0.437 e. The van der Waals surface area contributed by atoms with E-state index in [2.05, 4.69) is 19.9 Å². The summed E-state index contributed by atoms with van der Waals surface area (Å²) in [6, 6.07) is 4.42. The molecular formula is C12H8ClFN4O. The number of nitrogens with one attached hydrogen (secondary N) is 1. The Labute approximate surface area is 112 Å². The molecule has 0 aliphatic heterocycles. The Kier molecular flexibility index (Phi) is 2.79. The van der Waals surface area contributed by atoms with E-state index in [4.69, 9.17) is 16.3 Å². The Morgan fingerprint density at radius 1 is 1.32 bits per heavy atom. The number of ether oxygens (including phenoxy) is 1. The first-order chi connectivity index (χ1) is 9.13. The van der Waals surface area contributed by atoms with Crippen LogP contribution in [-0.4, -0.2) is 19.9 Å². The van der Waals surface area contributed by atoms with Crippen LogP contribution in [0.1, 0.15) is 5.56 Å². The van der Waals surface area contributed by atoms with E-state index in [-0.39, 0.29) is 17.0 Å². The van der Waals surface area contributed by atoms with Crippen LogP contribution in [-0.2, 0) is 0 Å². The highest BCUT2D eigenvalue weighted by Gasteiger charge is 2.11. The Balaban J connectivity index is 2.04. The normalized spacial score (nSPS) is 10.9. The summed E-state index contributed by atoms with van der Waals surface area (Å²) in [7, 11) is 0. The van der Waals surface area contributed by atoms with Crippen LogP contribution >= 0.6 is 11.6 Å². The Morgan fingerprint density at radius 3 is 2.95 bits per heavy atom. The van der Waals surface area contributed by atoms with Crippen LogP contribution < -0.4 is 4.74 Å². The van der Waals surface area contributed by atoms with E-state index in [9.17, 15) is 4.39 Å². The third-order valence-corrected chi connectivity index (χ3v) is 2.74. The van der Waals surface area contributed by atoms with Gasteiger partial charge in [-0.15, -0.1) is 0 Å². The number of aromatic nitrogens is 4.